The molecule has 114 valence electrons. The van der Waals surface area contributed by atoms with Crippen LogP contribution in [-0.4, -0.2) is 4.98 Å². The Labute approximate surface area is 136 Å². The first kappa shape index (κ1) is 15.0. The van der Waals surface area contributed by atoms with E-state index in [4.69, 9.17) is 16.0 Å². The third kappa shape index (κ3) is 4.05. The number of nitrogens with one attached hydrogen (secondary N) is 1. The van der Waals surface area contributed by atoms with Gasteiger partial charge in [-0.25, -0.2) is 4.79 Å². The number of benzene rings is 2. The molecule has 0 spiro atoms. The van der Waals surface area contributed by atoms with E-state index in [1.54, 1.807) is 30.3 Å². The molecule has 3 aromatic rings. The van der Waals surface area contributed by atoms with Crippen molar-refractivity contribution < 1.29 is 4.42 Å². The number of oxazole rings is 1. The summed E-state index contributed by atoms with van der Waals surface area (Å²) in [7, 11) is 0. The molecule has 0 fully saturated rings. The molecule has 0 bridgehead atoms. The molecule has 1 N–H and O–H groups in total. The van der Waals surface area contributed by atoms with Gasteiger partial charge in [-0.2, -0.15) is 10.2 Å². The zero-order valence-electron chi connectivity index (χ0n) is 11.9. The minimum Gasteiger partial charge on any atom is -0.403 e. The lowest BCUT2D eigenvalue weighted by molar-refractivity contribution is 0.485. The highest BCUT2D eigenvalue weighted by molar-refractivity contribution is 6.30. The van der Waals surface area contributed by atoms with Crippen LogP contribution in [-0.2, 0) is 0 Å². The second-order valence-electron chi connectivity index (χ2n) is 4.67. The van der Waals surface area contributed by atoms with Crippen LogP contribution >= 0.6 is 11.6 Å². The number of nitrogens with zero attached hydrogens (tertiary/aromatic N) is 2. The van der Waals surface area contributed by atoms with Crippen LogP contribution in [0, 0.1) is 0 Å². The Morgan fingerprint density at radius 1 is 1.04 bits per heavy atom. The minimum atomic E-state index is -0.457. The fraction of sp³-hybridized carbons (Fsp3) is 0. The Bertz CT molecular complexity index is 987. The average molecular weight is 326 g/mol. The molecule has 0 aliphatic rings. The SMILES string of the molecule is O=c1o/c(=C\N=Nc2ccc(Cl)cc2)[nH]/c1=C\c1ccccc1. The number of H-pyrrole nitrogens is 1. The zero-order valence-corrected chi connectivity index (χ0v) is 12.7. The predicted molar refractivity (Wildman–Crippen MR) is 89.0 cm³/mol. The third-order valence-electron chi connectivity index (χ3n) is 2.97. The highest BCUT2D eigenvalue weighted by Gasteiger charge is 1.95. The zero-order chi connectivity index (χ0) is 16.1. The Balaban J connectivity index is 1.87. The first-order valence-electron chi connectivity index (χ1n) is 6.83. The van der Waals surface area contributed by atoms with E-state index in [2.05, 4.69) is 15.2 Å². The van der Waals surface area contributed by atoms with Crippen molar-refractivity contribution in [2.75, 3.05) is 0 Å². The van der Waals surface area contributed by atoms with Crippen LogP contribution in [0.15, 0.2) is 74.0 Å². The summed E-state index contributed by atoms with van der Waals surface area (Å²) in [6.45, 7) is 0. The predicted octanol–water partition coefficient (Wildman–Crippen LogP) is 2.97. The molecule has 0 aliphatic heterocycles. The molecule has 0 saturated heterocycles. The molecule has 2 aromatic carbocycles. The highest BCUT2D eigenvalue weighted by atomic mass is 35.5. The summed E-state index contributed by atoms with van der Waals surface area (Å²) in [5.74, 6) is 0. The quantitative estimate of drug-likeness (QED) is 0.752. The summed E-state index contributed by atoms with van der Waals surface area (Å²) >= 11 is 5.79. The van der Waals surface area contributed by atoms with E-state index in [1.807, 2.05) is 30.3 Å². The Morgan fingerprint density at radius 2 is 1.78 bits per heavy atom. The number of rotatable bonds is 3. The van der Waals surface area contributed by atoms with Crippen molar-refractivity contribution in [3.63, 3.8) is 0 Å². The molecule has 0 atom stereocenters. The van der Waals surface area contributed by atoms with Gasteiger partial charge in [0.15, 0.2) is 0 Å². The number of hydrogen-bond donors (Lipinski definition) is 1. The van der Waals surface area contributed by atoms with Gasteiger partial charge >= 0.3 is 5.63 Å². The first-order chi connectivity index (χ1) is 11.2. The molecule has 1 heterocycles. The maximum Gasteiger partial charge on any atom is 0.361 e. The van der Waals surface area contributed by atoms with E-state index >= 15 is 0 Å². The molecule has 0 unspecified atom stereocenters. The minimum absolute atomic E-state index is 0.231. The van der Waals surface area contributed by atoms with E-state index in [-0.39, 0.29) is 5.55 Å². The van der Waals surface area contributed by atoms with Crippen LogP contribution in [0.2, 0.25) is 5.02 Å². The molecule has 0 amide bonds. The second kappa shape index (κ2) is 6.89. The monoisotopic (exact) mass is 325 g/mol. The van der Waals surface area contributed by atoms with Crippen molar-refractivity contribution in [3.8, 4) is 0 Å². The lowest BCUT2D eigenvalue weighted by Crippen LogP contribution is -2.21. The maximum atomic E-state index is 11.8. The molecule has 0 saturated carbocycles. The van der Waals surface area contributed by atoms with Gasteiger partial charge in [0.25, 0.3) is 0 Å². The largest absolute Gasteiger partial charge is 0.403 e. The van der Waals surface area contributed by atoms with E-state index in [1.165, 1.54) is 6.20 Å². The van der Waals surface area contributed by atoms with Crippen LogP contribution < -0.4 is 16.5 Å². The van der Waals surface area contributed by atoms with Gasteiger partial charge < -0.3 is 9.40 Å². The molecule has 5 nitrogen and oxygen atoms in total. The van der Waals surface area contributed by atoms with Gasteiger partial charge in [-0.15, -0.1) is 0 Å². The number of halogens is 1. The van der Waals surface area contributed by atoms with Crippen molar-refractivity contribution >= 4 is 29.6 Å². The van der Waals surface area contributed by atoms with Crippen LogP contribution in [0.25, 0.3) is 12.3 Å². The van der Waals surface area contributed by atoms with E-state index in [9.17, 15) is 4.79 Å². The smallest absolute Gasteiger partial charge is 0.361 e. The summed E-state index contributed by atoms with van der Waals surface area (Å²) in [6.07, 6.45) is 3.05. The third-order valence-corrected chi connectivity index (χ3v) is 3.22. The Hall–Kier alpha value is -2.92. The van der Waals surface area contributed by atoms with E-state index in [0.29, 0.717) is 16.1 Å². The molecular formula is C17H12ClN3O2. The van der Waals surface area contributed by atoms with Crippen LogP contribution in [0.5, 0.6) is 0 Å². The van der Waals surface area contributed by atoms with Crippen molar-refractivity contribution in [2.24, 2.45) is 10.2 Å². The fourth-order valence-corrected chi connectivity index (χ4v) is 2.02. The maximum absolute atomic E-state index is 11.8. The molecular weight excluding hydrogens is 314 g/mol. The number of aromatic nitrogens is 1. The fourth-order valence-electron chi connectivity index (χ4n) is 1.89. The summed E-state index contributed by atoms with van der Waals surface area (Å²) < 4.78 is 5.07. The Morgan fingerprint density at radius 3 is 2.52 bits per heavy atom. The molecule has 3 rings (SSSR count). The molecule has 0 radical (unpaired) electrons. The Kier molecular flexibility index (Phi) is 4.49. The molecule has 1 aromatic heterocycles. The van der Waals surface area contributed by atoms with Crippen LogP contribution in [0.4, 0.5) is 5.69 Å². The van der Waals surface area contributed by atoms with Gasteiger partial charge in [-0.05, 0) is 35.9 Å². The first-order valence-corrected chi connectivity index (χ1v) is 7.21. The lowest BCUT2D eigenvalue weighted by atomic mass is 10.2. The van der Waals surface area contributed by atoms with Gasteiger partial charge in [0, 0.05) is 5.02 Å². The molecule has 6 heteroatoms. The number of aromatic amines is 1. The number of azo groups is 1. The van der Waals surface area contributed by atoms with Gasteiger partial charge in [-0.3, -0.25) is 0 Å². The lowest BCUT2D eigenvalue weighted by Gasteiger charge is -1.89. The van der Waals surface area contributed by atoms with Gasteiger partial charge in [0.1, 0.15) is 11.5 Å². The standard InChI is InChI=1S/C17H12ClN3O2/c18-13-6-8-14(9-7-13)21-19-11-16-20-15(17(22)23-16)10-12-4-2-1-3-5-12/h1-11,20H/b15-10-,16-11-,21-19?. The summed E-state index contributed by atoms with van der Waals surface area (Å²) in [5.41, 5.74) is 1.32. The van der Waals surface area contributed by atoms with Crippen molar-refractivity contribution in [1.82, 2.24) is 4.98 Å². The van der Waals surface area contributed by atoms with Crippen molar-refractivity contribution in [3.05, 3.63) is 86.5 Å². The molecule has 0 aliphatic carbocycles. The van der Waals surface area contributed by atoms with Gasteiger partial charge in [0.2, 0.25) is 5.55 Å². The van der Waals surface area contributed by atoms with Crippen molar-refractivity contribution in [1.29, 1.82) is 0 Å². The second-order valence-corrected chi connectivity index (χ2v) is 5.10. The highest BCUT2D eigenvalue weighted by Crippen LogP contribution is 2.16. The van der Waals surface area contributed by atoms with Crippen molar-refractivity contribution in [2.45, 2.75) is 0 Å². The normalized spacial score (nSPS) is 13.1. The van der Waals surface area contributed by atoms with E-state index < -0.39 is 5.63 Å². The summed E-state index contributed by atoms with van der Waals surface area (Å²) in [5, 5.41) is 8.85. The van der Waals surface area contributed by atoms with Gasteiger partial charge in [0.05, 0.1) is 5.69 Å². The summed E-state index contributed by atoms with van der Waals surface area (Å²) in [6, 6.07) is 16.4. The number of hydrogen-bond acceptors (Lipinski definition) is 4. The molecule has 23 heavy (non-hydrogen) atoms. The van der Waals surface area contributed by atoms with Crippen LogP contribution in [0.3, 0.4) is 0 Å². The van der Waals surface area contributed by atoms with Crippen LogP contribution in [0.1, 0.15) is 5.56 Å². The topological polar surface area (TPSA) is 70.7 Å². The van der Waals surface area contributed by atoms with E-state index in [0.717, 1.165) is 5.56 Å². The van der Waals surface area contributed by atoms with Gasteiger partial charge in [-0.1, -0.05) is 41.9 Å². The average Bonchev–Trinajstić information content (AvgIpc) is 2.90. The summed E-state index contributed by atoms with van der Waals surface area (Å²) in [4.78, 5) is 14.6.